The Morgan fingerprint density at radius 2 is 2.10 bits per heavy atom. The van der Waals surface area contributed by atoms with E-state index >= 15 is 0 Å². The number of ether oxygens (including phenoxy) is 1. The first-order chi connectivity index (χ1) is 9.99. The van der Waals surface area contributed by atoms with E-state index < -0.39 is 12.0 Å². The predicted molar refractivity (Wildman–Crippen MR) is 75.3 cm³/mol. The average molecular weight is 290 g/mol. The van der Waals surface area contributed by atoms with E-state index in [2.05, 4.69) is 20.4 Å². The number of aryl methyl sites for hydroxylation is 1. The number of hydrogen-bond acceptors (Lipinski definition) is 5. The summed E-state index contributed by atoms with van der Waals surface area (Å²) in [5.74, 6) is -0.498. The van der Waals surface area contributed by atoms with Crippen LogP contribution in [-0.2, 0) is 11.8 Å². The molecular weight excluding hydrogens is 276 g/mol. The van der Waals surface area contributed by atoms with Gasteiger partial charge in [0.15, 0.2) is 0 Å². The fourth-order valence-corrected chi connectivity index (χ4v) is 1.67. The highest BCUT2D eigenvalue weighted by Crippen LogP contribution is 2.14. The van der Waals surface area contributed by atoms with Crippen LogP contribution in [0.5, 0.6) is 5.88 Å². The summed E-state index contributed by atoms with van der Waals surface area (Å²) < 4.78 is 6.06. The molecule has 0 spiro atoms. The van der Waals surface area contributed by atoms with Gasteiger partial charge < -0.3 is 19.7 Å². The lowest BCUT2D eigenvalue weighted by Crippen LogP contribution is -2.21. The molecular formula is C13H14N4O4. The molecule has 0 aliphatic carbocycles. The first kappa shape index (κ1) is 14.4. The molecule has 0 radical (unpaired) electrons. The van der Waals surface area contributed by atoms with Crippen molar-refractivity contribution < 1.29 is 19.4 Å². The lowest BCUT2D eigenvalue weighted by molar-refractivity contribution is 0.0600. The normalized spacial score (nSPS) is 10.0. The van der Waals surface area contributed by atoms with Gasteiger partial charge in [-0.3, -0.25) is 5.32 Å². The summed E-state index contributed by atoms with van der Waals surface area (Å²) in [5, 5.41) is 14.2. The molecule has 0 atom stereocenters. The van der Waals surface area contributed by atoms with Crippen LogP contribution in [0.15, 0.2) is 30.5 Å². The topological polar surface area (TPSA) is 105 Å². The molecule has 0 saturated heterocycles. The maximum atomic E-state index is 11.8. The molecule has 21 heavy (non-hydrogen) atoms. The molecule has 0 fully saturated rings. The van der Waals surface area contributed by atoms with Crippen LogP contribution in [0, 0.1) is 0 Å². The number of aromatic nitrogens is 2. The van der Waals surface area contributed by atoms with Crippen molar-refractivity contribution in [2.45, 2.75) is 0 Å². The second-order valence-electron chi connectivity index (χ2n) is 4.19. The van der Waals surface area contributed by atoms with Gasteiger partial charge in [0.05, 0.1) is 18.9 Å². The number of hydrogen-bond donors (Lipinski definition) is 3. The number of rotatable bonds is 3. The summed E-state index contributed by atoms with van der Waals surface area (Å²) in [7, 11) is 2.91. The number of carbonyl (C=O) groups is 2. The monoisotopic (exact) mass is 290 g/mol. The van der Waals surface area contributed by atoms with Crippen LogP contribution in [0.25, 0.3) is 0 Å². The molecule has 0 saturated carbocycles. The van der Waals surface area contributed by atoms with E-state index in [1.54, 1.807) is 25.2 Å². The van der Waals surface area contributed by atoms with E-state index in [9.17, 15) is 14.7 Å². The zero-order chi connectivity index (χ0) is 15.4. The number of aromatic hydroxyl groups is 1. The second kappa shape index (κ2) is 5.95. The Labute approximate surface area is 120 Å². The number of esters is 1. The van der Waals surface area contributed by atoms with Gasteiger partial charge in [0, 0.05) is 12.7 Å². The number of carbonyl (C=O) groups excluding carboxylic acids is 2. The molecule has 2 aromatic rings. The van der Waals surface area contributed by atoms with E-state index in [4.69, 9.17) is 0 Å². The fraction of sp³-hybridized carbons (Fsp3) is 0.154. The van der Waals surface area contributed by atoms with E-state index in [1.807, 2.05) is 0 Å². The number of benzene rings is 1. The zero-order valence-electron chi connectivity index (χ0n) is 11.5. The van der Waals surface area contributed by atoms with E-state index in [0.29, 0.717) is 11.3 Å². The number of urea groups is 1. The number of nitrogens with zero attached hydrogens (tertiary/aromatic N) is 2. The van der Waals surface area contributed by atoms with Crippen LogP contribution in [-0.4, -0.2) is 33.8 Å². The second-order valence-corrected chi connectivity index (χ2v) is 4.19. The molecule has 0 aliphatic rings. The van der Waals surface area contributed by atoms with Crippen LogP contribution in [0.2, 0.25) is 0 Å². The number of imidazole rings is 1. The molecule has 1 heterocycles. The SMILES string of the molecule is COC(=O)c1cccc(NC(=O)Nc2nc(O)cn2C)c1. The van der Waals surface area contributed by atoms with Crippen molar-refractivity contribution in [1.82, 2.24) is 9.55 Å². The van der Waals surface area contributed by atoms with Gasteiger partial charge in [0.25, 0.3) is 0 Å². The molecule has 0 bridgehead atoms. The van der Waals surface area contributed by atoms with Gasteiger partial charge in [-0.15, -0.1) is 0 Å². The minimum atomic E-state index is -0.550. The van der Waals surface area contributed by atoms with Gasteiger partial charge in [-0.05, 0) is 18.2 Å². The molecule has 1 aromatic heterocycles. The van der Waals surface area contributed by atoms with Crippen LogP contribution in [0.1, 0.15) is 10.4 Å². The summed E-state index contributed by atoms with van der Waals surface area (Å²) in [4.78, 5) is 26.9. The Kier molecular flexibility index (Phi) is 4.07. The molecule has 1 aromatic carbocycles. The standard InChI is InChI=1S/C13H14N4O4/c1-17-7-10(18)15-12(17)16-13(20)14-9-5-3-4-8(6-9)11(19)21-2/h3-7,18H,1-2H3,(H2,14,15,16,20). The number of amides is 2. The maximum absolute atomic E-state index is 11.8. The first-order valence-corrected chi connectivity index (χ1v) is 5.98. The van der Waals surface area contributed by atoms with E-state index in [1.165, 1.54) is 23.9 Å². The quantitative estimate of drug-likeness (QED) is 0.744. The molecule has 2 rings (SSSR count). The average Bonchev–Trinajstić information content (AvgIpc) is 2.76. The van der Waals surface area contributed by atoms with Crippen molar-refractivity contribution in [3.63, 3.8) is 0 Å². The van der Waals surface area contributed by atoms with Crippen LogP contribution in [0.3, 0.4) is 0 Å². The van der Waals surface area contributed by atoms with Crippen LogP contribution in [0.4, 0.5) is 16.4 Å². The number of methoxy groups -OCH3 is 1. The predicted octanol–water partition coefficient (Wildman–Crippen LogP) is 1.56. The first-order valence-electron chi connectivity index (χ1n) is 5.98. The Morgan fingerprint density at radius 3 is 2.71 bits per heavy atom. The highest BCUT2D eigenvalue weighted by atomic mass is 16.5. The zero-order valence-corrected chi connectivity index (χ0v) is 11.5. The summed E-state index contributed by atoms with van der Waals surface area (Å²) in [5.41, 5.74) is 0.749. The highest BCUT2D eigenvalue weighted by Gasteiger charge is 2.10. The van der Waals surface area contributed by atoms with Crippen LogP contribution >= 0.6 is 0 Å². The van der Waals surface area contributed by atoms with Crippen molar-refractivity contribution in [1.29, 1.82) is 0 Å². The van der Waals surface area contributed by atoms with Gasteiger partial charge in [0.1, 0.15) is 0 Å². The third kappa shape index (κ3) is 3.50. The lowest BCUT2D eigenvalue weighted by atomic mass is 10.2. The van der Waals surface area contributed by atoms with Gasteiger partial charge in [-0.1, -0.05) is 6.07 Å². The maximum Gasteiger partial charge on any atom is 0.337 e. The minimum absolute atomic E-state index is 0.189. The lowest BCUT2D eigenvalue weighted by Gasteiger charge is -2.08. The van der Waals surface area contributed by atoms with E-state index in [0.717, 1.165) is 0 Å². The third-order valence-corrected chi connectivity index (χ3v) is 2.63. The molecule has 8 heteroatoms. The Hall–Kier alpha value is -3.03. The summed E-state index contributed by atoms with van der Waals surface area (Å²) in [6.45, 7) is 0. The van der Waals surface area contributed by atoms with Crippen molar-refractivity contribution in [2.75, 3.05) is 17.7 Å². The molecule has 0 aliphatic heterocycles. The van der Waals surface area contributed by atoms with Crippen molar-refractivity contribution in [3.8, 4) is 5.88 Å². The smallest absolute Gasteiger partial charge is 0.337 e. The molecule has 3 N–H and O–H groups in total. The Balaban J connectivity index is 2.06. The number of anilines is 2. The largest absolute Gasteiger partial charge is 0.492 e. The van der Waals surface area contributed by atoms with Gasteiger partial charge in [0.2, 0.25) is 11.8 Å². The fourth-order valence-electron chi connectivity index (χ4n) is 1.67. The van der Waals surface area contributed by atoms with Crippen molar-refractivity contribution in [2.24, 2.45) is 7.05 Å². The summed E-state index contributed by atoms with van der Waals surface area (Å²) in [6, 6.07) is 5.76. The Bertz CT molecular complexity index is 681. The van der Waals surface area contributed by atoms with Gasteiger partial charge in [-0.2, -0.15) is 4.98 Å². The summed E-state index contributed by atoms with van der Waals surface area (Å²) in [6.07, 6.45) is 1.35. The minimum Gasteiger partial charge on any atom is -0.492 e. The number of nitrogens with one attached hydrogen (secondary N) is 2. The van der Waals surface area contributed by atoms with Gasteiger partial charge >= 0.3 is 12.0 Å². The third-order valence-electron chi connectivity index (χ3n) is 2.63. The van der Waals surface area contributed by atoms with Crippen molar-refractivity contribution in [3.05, 3.63) is 36.0 Å². The summed E-state index contributed by atoms with van der Waals surface area (Å²) >= 11 is 0. The molecule has 110 valence electrons. The van der Waals surface area contributed by atoms with Crippen molar-refractivity contribution >= 4 is 23.6 Å². The highest BCUT2D eigenvalue weighted by molar-refractivity contribution is 5.99. The van der Waals surface area contributed by atoms with E-state index in [-0.39, 0.29) is 11.8 Å². The van der Waals surface area contributed by atoms with Crippen LogP contribution < -0.4 is 10.6 Å². The molecule has 8 nitrogen and oxygen atoms in total. The van der Waals surface area contributed by atoms with Gasteiger partial charge in [-0.25, -0.2) is 9.59 Å². The Morgan fingerprint density at radius 1 is 1.33 bits per heavy atom. The molecule has 2 amide bonds. The molecule has 0 unspecified atom stereocenters.